The second kappa shape index (κ2) is 7.47. The summed E-state index contributed by atoms with van der Waals surface area (Å²) in [5, 5.41) is 11.1. The molecule has 0 fully saturated rings. The lowest BCUT2D eigenvalue weighted by Crippen LogP contribution is -2.24. The number of nitro benzene ring substituents is 1. The largest absolute Gasteiger partial charge is 0.292 e. The van der Waals surface area contributed by atoms with Crippen molar-refractivity contribution in [1.29, 1.82) is 0 Å². The molecular formula is C22H15N3O4. The molecule has 142 valence electrons. The molecule has 0 N–H and O–H groups in total. The van der Waals surface area contributed by atoms with Crippen molar-refractivity contribution in [2.75, 3.05) is 0 Å². The predicted octanol–water partition coefficient (Wildman–Crippen LogP) is 3.85. The number of non-ortho nitro benzene ring substituents is 1. The number of rotatable bonds is 5. The van der Waals surface area contributed by atoms with Crippen LogP contribution in [0.4, 0.5) is 5.69 Å². The van der Waals surface area contributed by atoms with Crippen LogP contribution in [0.1, 0.15) is 10.4 Å². The summed E-state index contributed by atoms with van der Waals surface area (Å²) in [6, 6.07) is 20.8. The molecule has 0 amide bonds. The number of aromatic nitrogens is 2. The fourth-order valence-electron chi connectivity index (χ4n) is 3.10. The minimum absolute atomic E-state index is 0.105. The van der Waals surface area contributed by atoms with E-state index in [0.29, 0.717) is 11.1 Å². The summed E-state index contributed by atoms with van der Waals surface area (Å²) in [4.78, 5) is 39.8. The number of nitrogens with zero attached hydrogens (tertiary/aromatic N) is 3. The van der Waals surface area contributed by atoms with Gasteiger partial charge in [-0.15, -0.1) is 0 Å². The van der Waals surface area contributed by atoms with Crippen LogP contribution in [0.5, 0.6) is 0 Å². The van der Waals surface area contributed by atoms with E-state index in [0.717, 1.165) is 11.1 Å². The Balaban J connectivity index is 1.61. The third-order valence-corrected chi connectivity index (χ3v) is 4.65. The third-order valence-electron chi connectivity index (χ3n) is 4.65. The van der Waals surface area contributed by atoms with E-state index >= 15 is 0 Å². The van der Waals surface area contributed by atoms with E-state index in [9.17, 15) is 19.7 Å². The molecule has 0 saturated heterocycles. The number of benzene rings is 3. The molecule has 0 spiro atoms. The number of hydrogen-bond donors (Lipinski definition) is 0. The topological polar surface area (TPSA) is 95.1 Å². The molecule has 0 unspecified atom stereocenters. The van der Waals surface area contributed by atoms with Crippen molar-refractivity contribution in [1.82, 2.24) is 9.55 Å². The molecule has 0 aliphatic rings. The van der Waals surface area contributed by atoms with Gasteiger partial charge in [0.05, 0.1) is 28.7 Å². The van der Waals surface area contributed by atoms with Gasteiger partial charge in [-0.25, -0.2) is 4.98 Å². The zero-order valence-corrected chi connectivity index (χ0v) is 15.2. The molecule has 4 aromatic rings. The number of carbonyl (C=O) groups is 1. The number of nitro groups is 1. The van der Waals surface area contributed by atoms with Gasteiger partial charge in [-0.05, 0) is 17.2 Å². The lowest BCUT2D eigenvalue weighted by Gasteiger charge is -2.07. The summed E-state index contributed by atoms with van der Waals surface area (Å²) in [6.45, 7) is -0.199. The first kappa shape index (κ1) is 18.2. The molecule has 29 heavy (non-hydrogen) atoms. The second-order valence-electron chi connectivity index (χ2n) is 6.50. The normalized spacial score (nSPS) is 10.8. The molecule has 7 heteroatoms. The van der Waals surface area contributed by atoms with Crippen molar-refractivity contribution < 1.29 is 9.72 Å². The van der Waals surface area contributed by atoms with Crippen molar-refractivity contribution in [3.63, 3.8) is 0 Å². The number of carbonyl (C=O) groups excluding carboxylic acids is 1. The average Bonchev–Trinajstić information content (AvgIpc) is 2.76. The number of hydrogen-bond acceptors (Lipinski definition) is 5. The van der Waals surface area contributed by atoms with E-state index < -0.39 is 10.5 Å². The standard InChI is InChI=1S/C22H15N3O4/c26-21(17-8-6-16(7-9-17)15-4-2-1-3-5-15)13-24-14-23-20-11-10-18(25(28)29)12-19(20)22(24)27/h1-12,14H,13H2. The Kier molecular flexibility index (Phi) is 4.70. The Labute approximate surface area is 165 Å². The van der Waals surface area contributed by atoms with Crippen LogP contribution in [-0.2, 0) is 6.54 Å². The lowest BCUT2D eigenvalue weighted by atomic mass is 10.0. The first-order valence-electron chi connectivity index (χ1n) is 8.85. The average molecular weight is 385 g/mol. The highest BCUT2D eigenvalue weighted by atomic mass is 16.6. The van der Waals surface area contributed by atoms with Gasteiger partial charge in [0.25, 0.3) is 11.2 Å². The highest BCUT2D eigenvalue weighted by Crippen LogP contribution is 2.20. The van der Waals surface area contributed by atoms with E-state index in [-0.39, 0.29) is 23.4 Å². The van der Waals surface area contributed by atoms with Gasteiger partial charge in [0.2, 0.25) is 0 Å². The van der Waals surface area contributed by atoms with Crippen molar-refractivity contribution >= 4 is 22.4 Å². The number of Topliss-reactive ketones (excluding diaryl/α,β-unsaturated/α-hetero) is 1. The van der Waals surface area contributed by atoms with E-state index in [1.807, 2.05) is 42.5 Å². The van der Waals surface area contributed by atoms with Crippen molar-refractivity contribution in [3.8, 4) is 11.1 Å². The zero-order chi connectivity index (χ0) is 20.4. The molecule has 1 heterocycles. The molecule has 0 saturated carbocycles. The van der Waals surface area contributed by atoms with E-state index in [1.165, 1.54) is 29.1 Å². The van der Waals surface area contributed by atoms with Crippen LogP contribution in [0.3, 0.4) is 0 Å². The Morgan fingerprint density at radius 1 is 0.966 bits per heavy atom. The highest BCUT2D eigenvalue weighted by molar-refractivity contribution is 5.96. The van der Waals surface area contributed by atoms with Crippen LogP contribution in [0.15, 0.2) is 83.9 Å². The lowest BCUT2D eigenvalue weighted by molar-refractivity contribution is -0.384. The summed E-state index contributed by atoms with van der Waals surface area (Å²) in [6.07, 6.45) is 1.28. The number of fused-ring (bicyclic) bond motifs is 1. The van der Waals surface area contributed by atoms with Crippen LogP contribution in [0, 0.1) is 10.1 Å². The van der Waals surface area contributed by atoms with Gasteiger partial charge in [0.1, 0.15) is 0 Å². The Morgan fingerprint density at radius 2 is 1.66 bits per heavy atom. The maximum atomic E-state index is 12.7. The summed E-state index contributed by atoms with van der Waals surface area (Å²) in [7, 11) is 0. The molecule has 0 aliphatic heterocycles. The monoisotopic (exact) mass is 385 g/mol. The molecule has 3 aromatic carbocycles. The first-order valence-corrected chi connectivity index (χ1v) is 8.85. The van der Waals surface area contributed by atoms with Crippen LogP contribution < -0.4 is 5.56 Å². The molecule has 0 bridgehead atoms. The van der Waals surface area contributed by atoms with Crippen LogP contribution >= 0.6 is 0 Å². The Morgan fingerprint density at radius 3 is 2.34 bits per heavy atom. The second-order valence-corrected chi connectivity index (χ2v) is 6.50. The smallest absolute Gasteiger partial charge is 0.270 e. The van der Waals surface area contributed by atoms with E-state index in [1.54, 1.807) is 12.1 Å². The Hall–Kier alpha value is -4.13. The van der Waals surface area contributed by atoms with Gasteiger partial charge in [-0.2, -0.15) is 0 Å². The van der Waals surface area contributed by atoms with Crippen molar-refractivity contribution in [2.24, 2.45) is 0 Å². The van der Waals surface area contributed by atoms with Gasteiger partial charge >= 0.3 is 0 Å². The van der Waals surface area contributed by atoms with Gasteiger partial charge in [0.15, 0.2) is 5.78 Å². The number of ketones is 1. The molecule has 4 rings (SSSR count). The molecular weight excluding hydrogens is 370 g/mol. The van der Waals surface area contributed by atoms with Gasteiger partial charge in [0, 0.05) is 17.7 Å². The predicted molar refractivity (Wildman–Crippen MR) is 109 cm³/mol. The SMILES string of the molecule is O=C(Cn1cnc2ccc([N+](=O)[O-])cc2c1=O)c1ccc(-c2ccccc2)cc1. The van der Waals surface area contributed by atoms with Crippen LogP contribution in [-0.4, -0.2) is 20.3 Å². The summed E-state index contributed by atoms with van der Waals surface area (Å²) >= 11 is 0. The van der Waals surface area contributed by atoms with Gasteiger partial charge < -0.3 is 0 Å². The molecule has 0 atom stereocenters. The molecule has 7 nitrogen and oxygen atoms in total. The molecule has 0 radical (unpaired) electrons. The van der Waals surface area contributed by atoms with Crippen molar-refractivity contribution in [2.45, 2.75) is 6.54 Å². The maximum absolute atomic E-state index is 12.7. The minimum atomic E-state index is -0.574. The third kappa shape index (κ3) is 3.66. The zero-order valence-electron chi connectivity index (χ0n) is 15.2. The molecule has 0 aliphatic carbocycles. The van der Waals surface area contributed by atoms with Gasteiger partial charge in [-0.1, -0.05) is 54.6 Å². The fraction of sp³-hybridized carbons (Fsp3) is 0.0455. The first-order chi connectivity index (χ1) is 14.0. The van der Waals surface area contributed by atoms with E-state index in [2.05, 4.69) is 4.98 Å². The van der Waals surface area contributed by atoms with Crippen LogP contribution in [0.2, 0.25) is 0 Å². The fourth-order valence-corrected chi connectivity index (χ4v) is 3.10. The summed E-state index contributed by atoms with van der Waals surface area (Å²) in [5.41, 5.74) is 2.15. The quantitative estimate of drug-likeness (QED) is 0.295. The van der Waals surface area contributed by atoms with Crippen LogP contribution in [0.25, 0.3) is 22.0 Å². The summed E-state index contributed by atoms with van der Waals surface area (Å²) < 4.78 is 1.17. The maximum Gasteiger partial charge on any atom is 0.270 e. The highest BCUT2D eigenvalue weighted by Gasteiger charge is 2.13. The molecule has 1 aromatic heterocycles. The van der Waals surface area contributed by atoms with E-state index in [4.69, 9.17) is 0 Å². The summed E-state index contributed by atoms with van der Waals surface area (Å²) in [5.74, 6) is -0.252. The minimum Gasteiger partial charge on any atom is -0.292 e. The Bertz CT molecular complexity index is 1280. The van der Waals surface area contributed by atoms with Crippen molar-refractivity contribution in [3.05, 3.63) is 105 Å². The van der Waals surface area contributed by atoms with Gasteiger partial charge in [-0.3, -0.25) is 24.3 Å².